The molecule has 1 aromatic carbocycles. The minimum Gasteiger partial charge on any atom is -0.376 e. The Kier molecular flexibility index (Phi) is 3.33. The molecule has 0 bridgehead atoms. The molecule has 0 saturated heterocycles. The molecule has 1 N–H and O–H groups in total. The number of hydrogen-bond donors (Lipinski definition) is 1. The third-order valence-corrected chi connectivity index (χ3v) is 1.67. The maximum absolute atomic E-state index is 10.5. The first-order chi connectivity index (χ1) is 5.86. The molecule has 0 aliphatic carbocycles. The van der Waals surface area contributed by atoms with E-state index in [1.807, 2.05) is 31.2 Å². The summed E-state index contributed by atoms with van der Waals surface area (Å²) in [4.78, 5) is 10.5. The topological polar surface area (TPSA) is 29.1 Å². The van der Waals surface area contributed by atoms with Gasteiger partial charge in [-0.3, -0.25) is 0 Å². The van der Waals surface area contributed by atoms with Gasteiger partial charge in [-0.2, -0.15) is 0 Å². The molecule has 0 aromatic heterocycles. The fourth-order valence-corrected chi connectivity index (χ4v) is 0.930. The first-order valence-electron chi connectivity index (χ1n) is 4.04. The van der Waals surface area contributed by atoms with Gasteiger partial charge < -0.3 is 10.1 Å². The van der Waals surface area contributed by atoms with Gasteiger partial charge >= 0.3 is 0 Å². The minimum atomic E-state index is -0.0765. The van der Waals surface area contributed by atoms with Crippen LogP contribution < -0.4 is 5.32 Å². The van der Waals surface area contributed by atoms with Crippen LogP contribution in [0.1, 0.15) is 13.3 Å². The Bertz CT molecular complexity index is 233. The molecule has 2 heteroatoms. The van der Waals surface area contributed by atoms with Crippen molar-refractivity contribution in [1.29, 1.82) is 0 Å². The third-order valence-electron chi connectivity index (χ3n) is 1.67. The van der Waals surface area contributed by atoms with Gasteiger partial charge in [-0.25, -0.2) is 0 Å². The zero-order valence-electron chi connectivity index (χ0n) is 7.08. The van der Waals surface area contributed by atoms with E-state index in [-0.39, 0.29) is 6.04 Å². The molecule has 0 saturated carbocycles. The average Bonchev–Trinajstić information content (AvgIpc) is 2.16. The first kappa shape index (κ1) is 8.78. The van der Waals surface area contributed by atoms with Crippen LogP contribution in [0.15, 0.2) is 24.3 Å². The van der Waals surface area contributed by atoms with E-state index in [1.54, 1.807) is 0 Å². The van der Waals surface area contributed by atoms with Crippen molar-refractivity contribution in [3.8, 4) is 0 Å². The molecule has 0 heterocycles. The SMILES string of the molecule is CCC(C=O)Nc1cc[c]cc1. The van der Waals surface area contributed by atoms with E-state index in [1.165, 1.54) is 0 Å². The van der Waals surface area contributed by atoms with Crippen LogP contribution in [0.4, 0.5) is 5.69 Å². The van der Waals surface area contributed by atoms with Gasteiger partial charge in [-0.1, -0.05) is 19.1 Å². The summed E-state index contributed by atoms with van der Waals surface area (Å²) in [6.45, 7) is 1.97. The van der Waals surface area contributed by atoms with Gasteiger partial charge in [0.25, 0.3) is 0 Å². The van der Waals surface area contributed by atoms with Crippen molar-refractivity contribution in [2.45, 2.75) is 19.4 Å². The Morgan fingerprint density at radius 1 is 1.58 bits per heavy atom. The highest BCUT2D eigenvalue weighted by Crippen LogP contribution is 2.06. The fourth-order valence-electron chi connectivity index (χ4n) is 0.930. The van der Waals surface area contributed by atoms with Gasteiger partial charge in [-0.15, -0.1) is 0 Å². The van der Waals surface area contributed by atoms with E-state index in [0.29, 0.717) is 0 Å². The number of carbonyl (C=O) groups excluding carboxylic acids is 1. The second-order valence-electron chi connectivity index (χ2n) is 2.58. The summed E-state index contributed by atoms with van der Waals surface area (Å²) >= 11 is 0. The molecular weight excluding hydrogens is 150 g/mol. The second-order valence-corrected chi connectivity index (χ2v) is 2.58. The highest BCUT2D eigenvalue weighted by Gasteiger charge is 2.01. The summed E-state index contributed by atoms with van der Waals surface area (Å²) in [6.07, 6.45) is 1.73. The molecule has 1 rings (SSSR count). The van der Waals surface area contributed by atoms with Crippen molar-refractivity contribution in [3.63, 3.8) is 0 Å². The van der Waals surface area contributed by atoms with E-state index in [4.69, 9.17) is 0 Å². The molecule has 0 spiro atoms. The summed E-state index contributed by atoms with van der Waals surface area (Å²) in [5.41, 5.74) is 0.965. The van der Waals surface area contributed by atoms with Crippen LogP contribution in [-0.2, 0) is 4.79 Å². The summed E-state index contributed by atoms with van der Waals surface area (Å²) < 4.78 is 0. The van der Waals surface area contributed by atoms with E-state index in [0.717, 1.165) is 18.4 Å². The highest BCUT2D eigenvalue weighted by molar-refractivity contribution is 5.64. The first-order valence-corrected chi connectivity index (χ1v) is 4.04. The number of anilines is 1. The molecule has 1 radical (unpaired) electrons. The molecule has 63 valence electrons. The minimum absolute atomic E-state index is 0.0765. The van der Waals surface area contributed by atoms with Crippen LogP contribution in [0.25, 0.3) is 0 Å². The van der Waals surface area contributed by atoms with Crippen molar-refractivity contribution in [1.82, 2.24) is 0 Å². The van der Waals surface area contributed by atoms with Crippen LogP contribution >= 0.6 is 0 Å². The molecule has 1 unspecified atom stereocenters. The maximum Gasteiger partial charge on any atom is 0.142 e. The quantitative estimate of drug-likeness (QED) is 0.685. The summed E-state index contributed by atoms with van der Waals surface area (Å²) in [6, 6.07) is 10.3. The summed E-state index contributed by atoms with van der Waals surface area (Å²) in [5.74, 6) is 0. The van der Waals surface area contributed by atoms with Gasteiger partial charge in [0.1, 0.15) is 6.29 Å². The molecule has 12 heavy (non-hydrogen) atoms. The predicted octanol–water partition coefficient (Wildman–Crippen LogP) is 1.88. The largest absolute Gasteiger partial charge is 0.376 e. The zero-order valence-corrected chi connectivity index (χ0v) is 7.08. The lowest BCUT2D eigenvalue weighted by Gasteiger charge is -2.10. The van der Waals surface area contributed by atoms with Gasteiger partial charge in [0.2, 0.25) is 0 Å². The van der Waals surface area contributed by atoms with Gasteiger partial charge in [0, 0.05) is 5.69 Å². The Morgan fingerprint density at radius 3 is 2.75 bits per heavy atom. The van der Waals surface area contributed by atoms with E-state index >= 15 is 0 Å². The van der Waals surface area contributed by atoms with Crippen molar-refractivity contribution in [2.24, 2.45) is 0 Å². The second kappa shape index (κ2) is 4.54. The van der Waals surface area contributed by atoms with Gasteiger partial charge in [0.15, 0.2) is 0 Å². The molecule has 1 atom stereocenters. The number of benzene rings is 1. The Morgan fingerprint density at radius 2 is 2.25 bits per heavy atom. The Balaban J connectivity index is 2.56. The van der Waals surface area contributed by atoms with E-state index < -0.39 is 0 Å². The molecular formula is C10H12NO. The van der Waals surface area contributed by atoms with Crippen LogP contribution in [0.3, 0.4) is 0 Å². The molecule has 0 fully saturated rings. The molecule has 0 aliphatic rings. The number of hydrogen-bond acceptors (Lipinski definition) is 2. The van der Waals surface area contributed by atoms with Gasteiger partial charge in [-0.05, 0) is 24.6 Å². The lowest BCUT2D eigenvalue weighted by Crippen LogP contribution is -2.19. The number of carbonyl (C=O) groups is 1. The van der Waals surface area contributed by atoms with Crippen molar-refractivity contribution >= 4 is 12.0 Å². The lowest BCUT2D eigenvalue weighted by atomic mass is 10.2. The van der Waals surface area contributed by atoms with E-state index in [9.17, 15) is 4.79 Å². The summed E-state index contributed by atoms with van der Waals surface area (Å²) in [5, 5.41) is 3.09. The van der Waals surface area contributed by atoms with Crippen molar-refractivity contribution < 1.29 is 4.79 Å². The number of rotatable bonds is 4. The Labute approximate surface area is 72.6 Å². The number of nitrogens with one attached hydrogen (secondary N) is 1. The maximum atomic E-state index is 10.5. The fraction of sp³-hybridized carbons (Fsp3) is 0.300. The highest BCUT2D eigenvalue weighted by atomic mass is 16.1. The lowest BCUT2D eigenvalue weighted by molar-refractivity contribution is -0.108. The zero-order chi connectivity index (χ0) is 8.81. The summed E-state index contributed by atoms with van der Waals surface area (Å²) in [7, 11) is 0. The van der Waals surface area contributed by atoms with Crippen molar-refractivity contribution in [2.75, 3.05) is 5.32 Å². The molecule has 2 nitrogen and oxygen atoms in total. The van der Waals surface area contributed by atoms with Gasteiger partial charge in [0.05, 0.1) is 6.04 Å². The van der Waals surface area contributed by atoms with E-state index in [2.05, 4.69) is 11.4 Å². The van der Waals surface area contributed by atoms with Crippen LogP contribution in [0.2, 0.25) is 0 Å². The van der Waals surface area contributed by atoms with Crippen LogP contribution in [-0.4, -0.2) is 12.3 Å². The number of aldehydes is 1. The molecule has 1 aromatic rings. The predicted molar refractivity (Wildman–Crippen MR) is 49.0 cm³/mol. The molecule has 0 aliphatic heterocycles. The molecule has 0 amide bonds. The smallest absolute Gasteiger partial charge is 0.142 e. The monoisotopic (exact) mass is 162 g/mol. The van der Waals surface area contributed by atoms with Crippen LogP contribution in [0, 0.1) is 6.07 Å². The van der Waals surface area contributed by atoms with Crippen molar-refractivity contribution in [3.05, 3.63) is 30.3 Å². The Hall–Kier alpha value is -1.31. The average molecular weight is 162 g/mol. The normalized spacial score (nSPS) is 12.1. The van der Waals surface area contributed by atoms with Crippen LogP contribution in [0.5, 0.6) is 0 Å². The standard InChI is InChI=1S/C10H12NO/c1-2-9(8-12)11-10-6-4-3-5-7-10/h4-9,11H,2H2,1H3. The third kappa shape index (κ3) is 2.38.